The van der Waals surface area contributed by atoms with Crippen LogP contribution in [0.25, 0.3) is 0 Å². The molecule has 2 aliphatic heterocycles. The second kappa shape index (κ2) is 7.59. The molecule has 21 heavy (non-hydrogen) atoms. The lowest BCUT2D eigenvalue weighted by molar-refractivity contribution is -0.143. The van der Waals surface area contributed by atoms with E-state index < -0.39 is 0 Å². The van der Waals surface area contributed by atoms with Gasteiger partial charge in [-0.1, -0.05) is 27.2 Å². The largest absolute Gasteiger partial charge is 0.341 e. The Kier molecular flexibility index (Phi) is 6.06. The summed E-state index contributed by atoms with van der Waals surface area (Å²) in [6, 6.07) is 0.573. The Balaban J connectivity index is 2.01. The summed E-state index contributed by atoms with van der Waals surface area (Å²) in [5.74, 6) is 0.445. The lowest BCUT2D eigenvalue weighted by Crippen LogP contribution is -2.49. The third kappa shape index (κ3) is 3.59. The predicted molar refractivity (Wildman–Crippen MR) is 87.4 cm³/mol. The van der Waals surface area contributed by atoms with Crippen molar-refractivity contribution in [3.05, 3.63) is 0 Å². The minimum Gasteiger partial charge on any atom is -0.341 e. The molecule has 4 nitrogen and oxygen atoms in total. The van der Waals surface area contributed by atoms with Gasteiger partial charge in [0.05, 0.1) is 5.41 Å². The number of carbonyl (C=O) groups is 1. The summed E-state index contributed by atoms with van der Waals surface area (Å²) < 4.78 is 0. The number of nitrogens with zero attached hydrogens (tertiary/aromatic N) is 2. The van der Waals surface area contributed by atoms with E-state index in [4.69, 9.17) is 0 Å². The Morgan fingerprint density at radius 1 is 1.24 bits per heavy atom. The van der Waals surface area contributed by atoms with E-state index in [-0.39, 0.29) is 5.41 Å². The molecule has 0 saturated carbocycles. The topological polar surface area (TPSA) is 35.6 Å². The fourth-order valence-corrected chi connectivity index (χ4v) is 4.25. The van der Waals surface area contributed by atoms with Gasteiger partial charge in [0.2, 0.25) is 5.91 Å². The first-order chi connectivity index (χ1) is 10.2. The highest BCUT2D eigenvalue weighted by molar-refractivity contribution is 5.83. The number of rotatable bonds is 6. The molecule has 0 aliphatic carbocycles. The molecule has 1 unspecified atom stereocenters. The van der Waals surface area contributed by atoms with E-state index in [2.05, 4.69) is 35.9 Å². The zero-order valence-electron chi connectivity index (χ0n) is 14.2. The Hall–Kier alpha value is -0.610. The van der Waals surface area contributed by atoms with Gasteiger partial charge < -0.3 is 10.2 Å². The Labute approximate surface area is 130 Å². The summed E-state index contributed by atoms with van der Waals surface area (Å²) in [5, 5.41) is 3.41. The lowest BCUT2D eigenvalue weighted by Gasteiger charge is -2.39. The Morgan fingerprint density at radius 3 is 2.48 bits per heavy atom. The number of nitrogens with one attached hydrogen (secondary N) is 1. The van der Waals surface area contributed by atoms with E-state index in [0.29, 0.717) is 11.9 Å². The highest BCUT2D eigenvalue weighted by atomic mass is 16.2. The highest BCUT2D eigenvalue weighted by Gasteiger charge is 2.43. The zero-order valence-corrected chi connectivity index (χ0v) is 14.2. The summed E-state index contributed by atoms with van der Waals surface area (Å²) in [6.07, 6.45) is 5.35. The monoisotopic (exact) mass is 295 g/mol. The predicted octanol–water partition coefficient (Wildman–Crippen LogP) is 2.10. The normalized spacial score (nSPS) is 25.5. The van der Waals surface area contributed by atoms with Crippen LogP contribution in [0.15, 0.2) is 0 Å². The molecule has 0 radical (unpaired) electrons. The van der Waals surface area contributed by atoms with Gasteiger partial charge in [0.25, 0.3) is 0 Å². The van der Waals surface area contributed by atoms with Gasteiger partial charge in [0, 0.05) is 19.1 Å². The minimum atomic E-state index is -0.0713. The average molecular weight is 295 g/mol. The molecule has 2 fully saturated rings. The molecule has 1 atom stereocenters. The quantitative estimate of drug-likeness (QED) is 0.815. The maximum Gasteiger partial charge on any atom is 0.228 e. The highest BCUT2D eigenvalue weighted by Crippen LogP contribution is 2.37. The van der Waals surface area contributed by atoms with Gasteiger partial charge in [0.1, 0.15) is 0 Å². The van der Waals surface area contributed by atoms with Crippen LogP contribution in [0.5, 0.6) is 0 Å². The minimum absolute atomic E-state index is 0.0713. The third-order valence-electron chi connectivity index (χ3n) is 5.52. The Morgan fingerprint density at radius 2 is 1.90 bits per heavy atom. The van der Waals surface area contributed by atoms with Crippen LogP contribution in [0.3, 0.4) is 0 Å². The molecule has 2 heterocycles. The first kappa shape index (κ1) is 16.8. The molecular weight excluding hydrogens is 262 g/mol. The molecule has 122 valence electrons. The maximum atomic E-state index is 13.1. The van der Waals surface area contributed by atoms with Crippen LogP contribution in [0, 0.1) is 5.41 Å². The number of likely N-dealkylation sites (N-methyl/N-ethyl adjacent to an activating group) is 1. The maximum absolute atomic E-state index is 13.1. The molecule has 1 amide bonds. The summed E-state index contributed by atoms with van der Waals surface area (Å²) in [7, 11) is 0. The van der Waals surface area contributed by atoms with Gasteiger partial charge in [-0.05, 0) is 51.9 Å². The standard InChI is InChI=1S/C17H33N3O/c1-4-8-17(9-11-18-12-10-17)16(21)20-13-7-15(14-20)19(5-2)6-3/h15,18H,4-14H2,1-3H3. The van der Waals surface area contributed by atoms with Crippen molar-refractivity contribution in [1.29, 1.82) is 0 Å². The van der Waals surface area contributed by atoms with E-state index >= 15 is 0 Å². The fourth-order valence-electron chi connectivity index (χ4n) is 4.25. The number of carbonyl (C=O) groups excluding carboxylic acids is 1. The number of hydrogen-bond donors (Lipinski definition) is 1. The van der Waals surface area contributed by atoms with Crippen molar-refractivity contribution < 1.29 is 4.79 Å². The van der Waals surface area contributed by atoms with Gasteiger partial charge in [0.15, 0.2) is 0 Å². The molecule has 2 rings (SSSR count). The van der Waals surface area contributed by atoms with Gasteiger partial charge in [-0.3, -0.25) is 9.69 Å². The van der Waals surface area contributed by atoms with E-state index in [1.165, 1.54) is 0 Å². The summed E-state index contributed by atoms with van der Waals surface area (Å²) in [4.78, 5) is 17.8. The van der Waals surface area contributed by atoms with Gasteiger partial charge >= 0.3 is 0 Å². The van der Waals surface area contributed by atoms with Crippen LogP contribution in [-0.2, 0) is 4.79 Å². The first-order valence-corrected chi connectivity index (χ1v) is 8.91. The van der Waals surface area contributed by atoms with Crippen molar-refractivity contribution in [3.8, 4) is 0 Å². The van der Waals surface area contributed by atoms with E-state index in [1.54, 1.807) is 0 Å². The van der Waals surface area contributed by atoms with Crippen LogP contribution < -0.4 is 5.32 Å². The van der Waals surface area contributed by atoms with E-state index in [9.17, 15) is 4.79 Å². The van der Waals surface area contributed by atoms with E-state index in [0.717, 1.165) is 71.4 Å². The van der Waals surface area contributed by atoms with Crippen LogP contribution in [0.4, 0.5) is 0 Å². The van der Waals surface area contributed by atoms with Crippen LogP contribution >= 0.6 is 0 Å². The smallest absolute Gasteiger partial charge is 0.228 e. The summed E-state index contributed by atoms with van der Waals surface area (Å²) >= 11 is 0. The molecular formula is C17H33N3O. The fraction of sp³-hybridized carbons (Fsp3) is 0.941. The number of amides is 1. The van der Waals surface area contributed by atoms with Crippen molar-refractivity contribution in [1.82, 2.24) is 15.1 Å². The molecule has 2 saturated heterocycles. The molecule has 0 spiro atoms. The van der Waals surface area contributed by atoms with Crippen molar-refractivity contribution >= 4 is 5.91 Å². The van der Waals surface area contributed by atoms with Crippen LogP contribution in [0.1, 0.15) is 52.9 Å². The summed E-state index contributed by atoms with van der Waals surface area (Å²) in [5.41, 5.74) is -0.0713. The summed E-state index contributed by atoms with van der Waals surface area (Å²) in [6.45, 7) is 12.7. The lowest BCUT2D eigenvalue weighted by atomic mass is 9.74. The SMILES string of the molecule is CCCC1(C(=O)N2CCC(N(CC)CC)C2)CCNCC1. The van der Waals surface area contributed by atoms with Crippen molar-refractivity contribution in [2.24, 2.45) is 5.41 Å². The van der Waals surface area contributed by atoms with Gasteiger partial charge in [-0.25, -0.2) is 0 Å². The number of hydrogen-bond acceptors (Lipinski definition) is 3. The number of piperidine rings is 1. The molecule has 0 aromatic heterocycles. The molecule has 0 bridgehead atoms. The average Bonchev–Trinajstić information content (AvgIpc) is 2.99. The zero-order chi connectivity index (χ0) is 15.3. The second-order valence-electron chi connectivity index (χ2n) is 6.70. The van der Waals surface area contributed by atoms with Crippen LogP contribution in [0.2, 0.25) is 0 Å². The third-order valence-corrected chi connectivity index (χ3v) is 5.52. The first-order valence-electron chi connectivity index (χ1n) is 8.91. The van der Waals surface area contributed by atoms with Gasteiger partial charge in [-0.15, -0.1) is 0 Å². The van der Waals surface area contributed by atoms with E-state index in [1.807, 2.05) is 0 Å². The molecule has 1 N–H and O–H groups in total. The molecule has 0 aromatic rings. The number of likely N-dealkylation sites (tertiary alicyclic amines) is 1. The molecule has 2 aliphatic rings. The van der Waals surface area contributed by atoms with Crippen molar-refractivity contribution in [2.75, 3.05) is 39.3 Å². The molecule has 4 heteroatoms. The van der Waals surface area contributed by atoms with Crippen LogP contribution in [-0.4, -0.2) is 61.0 Å². The Bertz CT molecular complexity index is 329. The van der Waals surface area contributed by atoms with Crippen molar-refractivity contribution in [2.45, 2.75) is 58.9 Å². The van der Waals surface area contributed by atoms with Crippen molar-refractivity contribution in [3.63, 3.8) is 0 Å². The second-order valence-corrected chi connectivity index (χ2v) is 6.70. The molecule has 0 aromatic carbocycles. The van der Waals surface area contributed by atoms with Gasteiger partial charge in [-0.2, -0.15) is 0 Å².